The molecule has 0 saturated carbocycles. The van der Waals surface area contributed by atoms with E-state index in [0.717, 1.165) is 21.4 Å². The maximum atomic E-state index is 12.8. The minimum atomic E-state index is -0.265. The Balaban J connectivity index is 2.29. The maximum absolute atomic E-state index is 12.8. The summed E-state index contributed by atoms with van der Waals surface area (Å²) >= 11 is 3.35. The zero-order chi connectivity index (χ0) is 12.3. The average molecular weight is 293 g/mol. The number of benzene rings is 2. The summed E-state index contributed by atoms with van der Waals surface area (Å²) in [6, 6.07) is 11.7. The Labute approximate surface area is 107 Å². The smallest absolute Gasteiger partial charge is 0.123 e. The van der Waals surface area contributed by atoms with Crippen LogP contribution in [-0.2, 0) is 0 Å². The maximum Gasteiger partial charge on any atom is 0.123 e. The molecule has 0 aliphatic heterocycles. The Morgan fingerprint density at radius 3 is 2.47 bits per heavy atom. The van der Waals surface area contributed by atoms with E-state index in [-0.39, 0.29) is 5.82 Å². The number of halogens is 2. The Bertz CT molecular complexity index is 538. The molecular formula is C13H10BrFN2. The van der Waals surface area contributed by atoms with Gasteiger partial charge >= 0.3 is 0 Å². The molecule has 0 aliphatic carbocycles. The van der Waals surface area contributed by atoms with E-state index in [1.165, 1.54) is 18.3 Å². The van der Waals surface area contributed by atoms with Crippen molar-refractivity contribution in [1.82, 2.24) is 0 Å². The van der Waals surface area contributed by atoms with Gasteiger partial charge in [0, 0.05) is 27.6 Å². The minimum Gasteiger partial charge on any atom is -0.355 e. The van der Waals surface area contributed by atoms with Crippen molar-refractivity contribution in [1.29, 1.82) is 5.41 Å². The molecule has 0 heterocycles. The predicted octanol–water partition coefficient (Wildman–Crippen LogP) is 4.33. The van der Waals surface area contributed by atoms with Crippen LogP contribution < -0.4 is 5.32 Å². The van der Waals surface area contributed by atoms with Crippen LogP contribution >= 0.6 is 15.9 Å². The number of hydrogen-bond donors (Lipinski definition) is 2. The molecule has 0 spiro atoms. The van der Waals surface area contributed by atoms with Crippen molar-refractivity contribution in [3.8, 4) is 0 Å². The van der Waals surface area contributed by atoms with Gasteiger partial charge in [0.2, 0.25) is 0 Å². The normalized spacial score (nSPS) is 10.0. The summed E-state index contributed by atoms with van der Waals surface area (Å²) in [5.41, 5.74) is 2.37. The van der Waals surface area contributed by atoms with Crippen LogP contribution in [0.25, 0.3) is 0 Å². The lowest BCUT2D eigenvalue weighted by atomic mass is 10.2. The fraction of sp³-hybridized carbons (Fsp3) is 0. The number of rotatable bonds is 3. The van der Waals surface area contributed by atoms with Crippen molar-refractivity contribution in [3.05, 3.63) is 58.3 Å². The van der Waals surface area contributed by atoms with Gasteiger partial charge in [0.25, 0.3) is 0 Å². The molecule has 0 unspecified atom stereocenters. The van der Waals surface area contributed by atoms with Gasteiger partial charge in [-0.1, -0.05) is 15.9 Å². The van der Waals surface area contributed by atoms with Gasteiger partial charge in [-0.3, -0.25) is 0 Å². The molecule has 0 radical (unpaired) electrons. The van der Waals surface area contributed by atoms with E-state index in [4.69, 9.17) is 5.41 Å². The molecule has 2 nitrogen and oxygen atoms in total. The first-order valence-electron chi connectivity index (χ1n) is 5.01. The molecule has 86 valence electrons. The van der Waals surface area contributed by atoms with Gasteiger partial charge in [-0.05, 0) is 42.5 Å². The molecule has 0 amide bonds. The highest BCUT2D eigenvalue weighted by atomic mass is 79.9. The molecule has 2 N–H and O–H groups in total. The fourth-order valence-electron chi connectivity index (χ4n) is 1.46. The van der Waals surface area contributed by atoms with Gasteiger partial charge < -0.3 is 10.7 Å². The highest BCUT2D eigenvalue weighted by Gasteiger charge is 2.01. The Kier molecular flexibility index (Phi) is 3.54. The average Bonchev–Trinajstić information content (AvgIpc) is 2.34. The second kappa shape index (κ2) is 5.10. The van der Waals surface area contributed by atoms with Crippen LogP contribution in [0.2, 0.25) is 0 Å². The summed E-state index contributed by atoms with van der Waals surface area (Å²) in [6.45, 7) is 0. The van der Waals surface area contributed by atoms with Crippen molar-refractivity contribution in [2.75, 3.05) is 5.32 Å². The summed E-state index contributed by atoms with van der Waals surface area (Å²) < 4.78 is 13.7. The van der Waals surface area contributed by atoms with Gasteiger partial charge in [0.05, 0.1) is 0 Å². The number of nitrogens with one attached hydrogen (secondary N) is 2. The van der Waals surface area contributed by atoms with E-state index in [2.05, 4.69) is 21.2 Å². The summed E-state index contributed by atoms with van der Waals surface area (Å²) in [5, 5.41) is 10.5. The lowest BCUT2D eigenvalue weighted by Crippen LogP contribution is -1.95. The Morgan fingerprint density at radius 2 is 1.82 bits per heavy atom. The largest absolute Gasteiger partial charge is 0.355 e. The van der Waals surface area contributed by atoms with Gasteiger partial charge in [-0.25, -0.2) is 4.39 Å². The summed E-state index contributed by atoms with van der Waals surface area (Å²) in [6.07, 6.45) is 1.27. The van der Waals surface area contributed by atoms with Crippen LogP contribution in [0.15, 0.2) is 46.9 Å². The quantitative estimate of drug-likeness (QED) is 0.812. The van der Waals surface area contributed by atoms with Crippen LogP contribution in [0, 0.1) is 11.2 Å². The third-order valence-electron chi connectivity index (χ3n) is 2.29. The standard InChI is InChI=1S/C13H10BrFN2/c14-10-1-6-13(9(7-10)8-16)17-12-4-2-11(15)3-5-12/h1-8,16-17H. The van der Waals surface area contributed by atoms with Crippen molar-refractivity contribution >= 4 is 33.5 Å². The molecular weight excluding hydrogens is 283 g/mol. The van der Waals surface area contributed by atoms with Crippen LogP contribution in [-0.4, -0.2) is 6.21 Å². The van der Waals surface area contributed by atoms with Crippen molar-refractivity contribution in [3.63, 3.8) is 0 Å². The minimum absolute atomic E-state index is 0.265. The lowest BCUT2D eigenvalue weighted by molar-refractivity contribution is 0.628. The first-order chi connectivity index (χ1) is 8.19. The van der Waals surface area contributed by atoms with Gasteiger partial charge in [-0.2, -0.15) is 0 Å². The van der Waals surface area contributed by atoms with Gasteiger partial charge in [0.15, 0.2) is 0 Å². The second-order valence-electron chi connectivity index (χ2n) is 3.51. The molecule has 17 heavy (non-hydrogen) atoms. The summed E-state index contributed by atoms with van der Waals surface area (Å²) in [5.74, 6) is -0.265. The molecule has 2 rings (SSSR count). The molecule has 2 aromatic carbocycles. The van der Waals surface area contributed by atoms with Crippen molar-refractivity contribution < 1.29 is 4.39 Å². The molecule has 0 bridgehead atoms. The monoisotopic (exact) mass is 292 g/mol. The zero-order valence-electron chi connectivity index (χ0n) is 8.87. The van der Waals surface area contributed by atoms with E-state index in [0.29, 0.717) is 0 Å². The van der Waals surface area contributed by atoms with E-state index in [1.807, 2.05) is 18.2 Å². The van der Waals surface area contributed by atoms with E-state index >= 15 is 0 Å². The van der Waals surface area contributed by atoms with E-state index in [9.17, 15) is 4.39 Å². The number of hydrogen-bond acceptors (Lipinski definition) is 2. The van der Waals surface area contributed by atoms with E-state index in [1.54, 1.807) is 12.1 Å². The van der Waals surface area contributed by atoms with Gasteiger partial charge in [-0.15, -0.1) is 0 Å². The fourth-order valence-corrected chi connectivity index (χ4v) is 1.83. The third-order valence-corrected chi connectivity index (χ3v) is 2.79. The number of anilines is 2. The van der Waals surface area contributed by atoms with Crippen LogP contribution in [0.5, 0.6) is 0 Å². The van der Waals surface area contributed by atoms with Crippen LogP contribution in [0.1, 0.15) is 5.56 Å². The first-order valence-corrected chi connectivity index (χ1v) is 5.81. The molecule has 0 saturated heterocycles. The van der Waals surface area contributed by atoms with Crippen molar-refractivity contribution in [2.45, 2.75) is 0 Å². The predicted molar refractivity (Wildman–Crippen MR) is 71.7 cm³/mol. The van der Waals surface area contributed by atoms with E-state index < -0.39 is 0 Å². The Morgan fingerprint density at radius 1 is 1.12 bits per heavy atom. The molecule has 0 aliphatic rings. The summed E-state index contributed by atoms with van der Waals surface area (Å²) in [4.78, 5) is 0. The lowest BCUT2D eigenvalue weighted by Gasteiger charge is -2.09. The third kappa shape index (κ3) is 2.91. The van der Waals surface area contributed by atoms with Crippen molar-refractivity contribution in [2.24, 2.45) is 0 Å². The SMILES string of the molecule is N=Cc1cc(Br)ccc1Nc1ccc(F)cc1. The van der Waals surface area contributed by atoms with Crippen LogP contribution in [0.3, 0.4) is 0 Å². The first kappa shape index (κ1) is 11.8. The highest BCUT2D eigenvalue weighted by Crippen LogP contribution is 2.23. The van der Waals surface area contributed by atoms with Gasteiger partial charge in [0.1, 0.15) is 5.82 Å². The molecule has 4 heteroatoms. The second-order valence-corrected chi connectivity index (χ2v) is 4.42. The zero-order valence-corrected chi connectivity index (χ0v) is 10.5. The molecule has 0 aromatic heterocycles. The molecule has 0 fully saturated rings. The molecule has 2 aromatic rings. The molecule has 0 atom stereocenters. The Hall–Kier alpha value is -1.68. The van der Waals surface area contributed by atoms with Crippen LogP contribution in [0.4, 0.5) is 15.8 Å². The topological polar surface area (TPSA) is 35.9 Å². The summed E-state index contributed by atoms with van der Waals surface area (Å²) in [7, 11) is 0. The highest BCUT2D eigenvalue weighted by molar-refractivity contribution is 9.10.